The van der Waals surface area contributed by atoms with Gasteiger partial charge < -0.3 is 42.8 Å². The third-order valence-electron chi connectivity index (χ3n) is 14.6. The van der Waals surface area contributed by atoms with Gasteiger partial charge in [-0.2, -0.15) is 0 Å². The molecule has 16 nitrogen and oxygen atoms in total. The minimum Gasteiger partial charge on any atom is -0.457 e. The van der Waals surface area contributed by atoms with Crippen LogP contribution in [0.4, 0.5) is 4.79 Å². The lowest BCUT2D eigenvalue weighted by molar-refractivity contribution is -0.284. The number of rotatable bonds is 11. The van der Waals surface area contributed by atoms with Crippen LogP contribution in [0, 0.1) is 29.6 Å². The highest BCUT2D eigenvalue weighted by Crippen LogP contribution is 2.59. The van der Waals surface area contributed by atoms with Crippen molar-refractivity contribution in [2.45, 2.75) is 135 Å². The van der Waals surface area contributed by atoms with Crippen LogP contribution in [0.25, 0.3) is 11.3 Å². The second-order valence-electron chi connectivity index (χ2n) is 19.0. The van der Waals surface area contributed by atoms with Crippen LogP contribution in [0.5, 0.6) is 0 Å². The van der Waals surface area contributed by atoms with Gasteiger partial charge in [-0.25, -0.2) is 9.78 Å². The molecule has 342 valence electrons. The van der Waals surface area contributed by atoms with Crippen molar-refractivity contribution in [1.29, 1.82) is 0 Å². The molecule has 0 N–H and O–H groups in total. The molecule has 6 heterocycles. The van der Waals surface area contributed by atoms with E-state index in [1.54, 1.807) is 44.6 Å². The normalized spacial score (nSPS) is 38.6. The highest BCUT2D eigenvalue weighted by atomic mass is 16.7. The van der Waals surface area contributed by atoms with Gasteiger partial charge in [-0.05, 0) is 72.7 Å². The van der Waals surface area contributed by atoms with E-state index >= 15 is 0 Å². The number of ether oxygens (including phenoxy) is 6. The van der Waals surface area contributed by atoms with E-state index in [0.717, 1.165) is 37.2 Å². The first-order valence-corrected chi connectivity index (χ1v) is 22.6. The van der Waals surface area contributed by atoms with Gasteiger partial charge in [0.2, 0.25) is 0 Å². The molecule has 5 fully saturated rings. The van der Waals surface area contributed by atoms with Crippen LogP contribution in [0.15, 0.2) is 37.1 Å². The summed E-state index contributed by atoms with van der Waals surface area (Å²) in [6.07, 6.45) is 6.42. The Kier molecular flexibility index (Phi) is 14.0. The molecule has 14 atom stereocenters. The maximum atomic E-state index is 14.9. The zero-order chi connectivity index (χ0) is 44.7. The fourth-order valence-corrected chi connectivity index (χ4v) is 11.0. The van der Waals surface area contributed by atoms with Crippen molar-refractivity contribution < 1.29 is 47.6 Å². The standard InChI is InChI=1S/C46H68N6O10/c1-27-23-45(7,57-10)40(61-43-36(49(8)9)35(22-28(2)59-43)51-18-20-58-21-19-51)30(4)38(54)31(5)42(55)60-41-32(6)46(41)39(29(3)37(27)53)52(44(56)62-46)17-12-11-16-50-25-34(48-26-50)33-14-13-15-47-24-33/h13-15,24-32,35-36,39-41,43H,11-12,16-23H2,1-10H3/t27-,28-,29+,30+,31-,32?,35-,36+,39-,40-,41-,43+,45+,46+/m1/s1. The highest BCUT2D eigenvalue weighted by molar-refractivity contribution is 6.00. The number of aromatic nitrogens is 3. The molecule has 62 heavy (non-hydrogen) atoms. The summed E-state index contributed by atoms with van der Waals surface area (Å²) in [5.74, 6) is -4.87. The molecule has 2 aromatic rings. The lowest BCUT2D eigenvalue weighted by atomic mass is 9.75. The van der Waals surface area contributed by atoms with Gasteiger partial charge >= 0.3 is 12.1 Å². The van der Waals surface area contributed by atoms with Crippen LogP contribution in [-0.4, -0.2) is 161 Å². The Hall–Kier alpha value is -3.80. The number of carbonyl (C=O) groups excluding carboxylic acids is 4. The number of ketones is 2. The summed E-state index contributed by atoms with van der Waals surface area (Å²) in [6, 6.07) is 3.02. The van der Waals surface area contributed by atoms with Crippen LogP contribution in [0.1, 0.15) is 74.1 Å². The summed E-state index contributed by atoms with van der Waals surface area (Å²) in [5, 5.41) is 0. The highest BCUT2D eigenvalue weighted by Gasteiger charge is 2.78. The number of imidazole rings is 1. The number of likely N-dealkylation sites (N-methyl/N-ethyl adjacent to an activating group) is 1. The smallest absolute Gasteiger partial charge is 0.410 e. The summed E-state index contributed by atoms with van der Waals surface area (Å²) in [5.41, 5.74) is -0.663. The van der Waals surface area contributed by atoms with Crippen LogP contribution in [0.2, 0.25) is 0 Å². The lowest BCUT2D eigenvalue weighted by Gasteiger charge is -2.51. The van der Waals surface area contributed by atoms with Crippen molar-refractivity contribution in [2.24, 2.45) is 29.6 Å². The molecule has 0 bridgehead atoms. The molecule has 1 aliphatic carbocycles. The van der Waals surface area contributed by atoms with Crippen LogP contribution >= 0.6 is 0 Å². The number of Topliss-reactive ketones (excluding diaryl/α,β-unsaturated/α-hetero) is 2. The number of amides is 1. The predicted octanol–water partition coefficient (Wildman–Crippen LogP) is 4.49. The topological polar surface area (TPSA) is 164 Å². The second-order valence-corrected chi connectivity index (χ2v) is 19.0. The van der Waals surface area contributed by atoms with Crippen LogP contribution < -0.4 is 0 Å². The predicted molar refractivity (Wildman–Crippen MR) is 228 cm³/mol. The van der Waals surface area contributed by atoms with E-state index in [1.807, 2.05) is 71.6 Å². The van der Waals surface area contributed by atoms with Gasteiger partial charge in [-0.1, -0.05) is 27.7 Å². The minimum atomic E-state index is -1.23. The van der Waals surface area contributed by atoms with E-state index in [0.29, 0.717) is 32.7 Å². The number of unbranched alkanes of at least 4 members (excludes halogenated alkanes) is 1. The SMILES string of the molecule is CO[C@@]1(C)C[C@@H](C)C(=O)[C@H](C)[C@H]2N(CCCCn3cnc(-c4cccnc4)c3)C(=O)O[C@@]23C(C)[C@H]3OC(=O)[C@H](C)C(=O)[C@H](C)[C@H]1O[C@@H]1O[C@H](C)C[C@@H](N2CCOCC2)[C@@H]1N(C)C. The molecule has 16 heteroatoms. The molecular weight excluding hydrogens is 797 g/mol. The first-order chi connectivity index (χ1) is 29.5. The Morgan fingerprint density at radius 3 is 2.37 bits per heavy atom. The third kappa shape index (κ3) is 8.84. The quantitative estimate of drug-likeness (QED) is 0.176. The van der Waals surface area contributed by atoms with E-state index < -0.39 is 77.4 Å². The Bertz CT molecular complexity index is 1910. The number of aryl methyl sites for hydroxylation is 1. The zero-order valence-electron chi connectivity index (χ0n) is 38.2. The molecule has 1 amide bonds. The summed E-state index contributed by atoms with van der Waals surface area (Å²) in [7, 11) is 5.58. The van der Waals surface area contributed by atoms with Crippen molar-refractivity contribution >= 4 is 23.6 Å². The molecule has 7 rings (SSSR count). The maximum Gasteiger partial charge on any atom is 0.410 e. The van der Waals surface area contributed by atoms with E-state index in [1.165, 1.54) is 0 Å². The molecule has 1 saturated carbocycles. The number of hydrogen-bond donors (Lipinski definition) is 0. The number of morpholine rings is 1. The molecule has 4 saturated heterocycles. The van der Waals surface area contributed by atoms with E-state index in [-0.39, 0.29) is 36.2 Å². The summed E-state index contributed by atoms with van der Waals surface area (Å²) in [4.78, 5) is 72.2. The summed E-state index contributed by atoms with van der Waals surface area (Å²) < 4.78 is 40.1. The van der Waals surface area contributed by atoms with Gasteiger partial charge in [0, 0.05) is 87.2 Å². The second kappa shape index (κ2) is 18.7. The van der Waals surface area contributed by atoms with Gasteiger partial charge in [0.1, 0.15) is 11.7 Å². The summed E-state index contributed by atoms with van der Waals surface area (Å²) in [6.45, 7) is 16.7. The molecule has 0 radical (unpaired) electrons. The average molecular weight is 865 g/mol. The minimum absolute atomic E-state index is 0.0873. The van der Waals surface area contributed by atoms with E-state index in [4.69, 9.17) is 28.4 Å². The monoisotopic (exact) mass is 864 g/mol. The molecule has 2 aromatic heterocycles. The van der Waals surface area contributed by atoms with Crippen LogP contribution in [-0.2, 0) is 49.3 Å². The van der Waals surface area contributed by atoms with Gasteiger partial charge in [-0.3, -0.25) is 24.3 Å². The first kappa shape index (κ1) is 46.2. The molecular formula is C46H68N6O10. The number of pyridine rings is 1. The largest absolute Gasteiger partial charge is 0.457 e. The van der Waals surface area contributed by atoms with Gasteiger partial charge in [-0.15, -0.1) is 0 Å². The van der Waals surface area contributed by atoms with Crippen molar-refractivity contribution in [3.63, 3.8) is 0 Å². The third-order valence-corrected chi connectivity index (χ3v) is 14.6. The number of esters is 1. The van der Waals surface area contributed by atoms with Crippen molar-refractivity contribution in [1.82, 2.24) is 29.2 Å². The molecule has 0 aromatic carbocycles. The number of hydrogen-bond acceptors (Lipinski definition) is 14. The lowest BCUT2D eigenvalue weighted by Crippen LogP contribution is -2.64. The van der Waals surface area contributed by atoms with Crippen molar-refractivity contribution in [3.05, 3.63) is 37.1 Å². The number of nitrogens with zero attached hydrogens (tertiary/aromatic N) is 6. The van der Waals surface area contributed by atoms with Crippen LogP contribution in [0.3, 0.4) is 0 Å². The first-order valence-electron chi connectivity index (χ1n) is 22.6. The zero-order valence-corrected chi connectivity index (χ0v) is 38.2. The number of methoxy groups -OCH3 is 1. The Morgan fingerprint density at radius 1 is 0.968 bits per heavy atom. The Morgan fingerprint density at radius 2 is 1.69 bits per heavy atom. The Balaban J connectivity index is 1.14. The number of carbonyl (C=O) groups is 4. The fourth-order valence-electron chi connectivity index (χ4n) is 11.0. The Labute approximate surface area is 366 Å². The molecule has 5 aliphatic rings. The molecule has 1 spiro atoms. The van der Waals surface area contributed by atoms with Crippen molar-refractivity contribution in [3.8, 4) is 11.3 Å². The van der Waals surface area contributed by atoms with Gasteiger partial charge in [0.05, 0.1) is 55.1 Å². The van der Waals surface area contributed by atoms with Crippen molar-refractivity contribution in [2.75, 3.05) is 54.1 Å². The average Bonchev–Trinajstić information content (AvgIpc) is 3.55. The molecule has 4 aliphatic heterocycles. The van der Waals surface area contributed by atoms with Gasteiger partial charge in [0.15, 0.2) is 23.8 Å². The summed E-state index contributed by atoms with van der Waals surface area (Å²) >= 11 is 0. The molecule has 1 unspecified atom stereocenters. The maximum absolute atomic E-state index is 14.9. The van der Waals surface area contributed by atoms with E-state index in [9.17, 15) is 19.2 Å². The van der Waals surface area contributed by atoms with E-state index in [2.05, 4.69) is 19.8 Å². The van der Waals surface area contributed by atoms with Gasteiger partial charge in [0.25, 0.3) is 0 Å². The fraction of sp³-hybridized carbons (Fsp3) is 0.739.